The van der Waals surface area contributed by atoms with E-state index in [1.165, 1.54) is 18.2 Å². The number of hydrogen-bond donors (Lipinski definition) is 0. The Morgan fingerprint density at radius 2 is 2.23 bits per heavy atom. The van der Waals surface area contributed by atoms with Gasteiger partial charge in [-0.3, -0.25) is 0 Å². The van der Waals surface area contributed by atoms with Crippen molar-refractivity contribution in [2.24, 2.45) is 10.9 Å². The van der Waals surface area contributed by atoms with Gasteiger partial charge in [-0.15, -0.1) is 0 Å². The Morgan fingerprint density at radius 1 is 1.54 bits per heavy atom. The van der Waals surface area contributed by atoms with Crippen molar-refractivity contribution in [3.8, 4) is 0 Å². The summed E-state index contributed by atoms with van der Waals surface area (Å²) >= 11 is 0. The largest absolute Gasteiger partial charge is 0.395 e. The maximum atomic E-state index is 12.1. The third-order valence-corrected chi connectivity index (χ3v) is 1.68. The summed E-state index contributed by atoms with van der Waals surface area (Å²) in [7, 11) is 0. The summed E-state index contributed by atoms with van der Waals surface area (Å²) in [6.07, 6.45) is 0.317. The first-order valence-electron chi connectivity index (χ1n) is 3.57. The van der Waals surface area contributed by atoms with Crippen molar-refractivity contribution in [3.63, 3.8) is 0 Å². The minimum atomic E-state index is -4.22. The van der Waals surface area contributed by atoms with Crippen LogP contribution >= 0.6 is 0 Å². The SMILES string of the molecule is O=C=NC1=CCC(C(F)(F)F)C=C1. The van der Waals surface area contributed by atoms with Gasteiger partial charge >= 0.3 is 6.18 Å². The van der Waals surface area contributed by atoms with Gasteiger partial charge in [-0.05, 0) is 12.5 Å². The summed E-state index contributed by atoms with van der Waals surface area (Å²) in [5, 5.41) is 0. The molecule has 0 fully saturated rings. The number of carbonyl (C=O) groups excluding carboxylic acids is 1. The molecule has 1 rings (SSSR count). The van der Waals surface area contributed by atoms with Crippen LogP contribution in [-0.2, 0) is 4.79 Å². The molecule has 0 aromatic carbocycles. The third-order valence-electron chi connectivity index (χ3n) is 1.68. The molecule has 13 heavy (non-hydrogen) atoms. The van der Waals surface area contributed by atoms with Gasteiger partial charge in [0.1, 0.15) is 0 Å². The molecular weight excluding hydrogens is 183 g/mol. The Kier molecular flexibility index (Phi) is 2.68. The lowest BCUT2D eigenvalue weighted by Gasteiger charge is -2.17. The van der Waals surface area contributed by atoms with E-state index in [0.29, 0.717) is 0 Å². The fraction of sp³-hybridized carbons (Fsp3) is 0.375. The van der Waals surface area contributed by atoms with E-state index in [2.05, 4.69) is 4.99 Å². The molecule has 0 aliphatic heterocycles. The highest BCUT2D eigenvalue weighted by Crippen LogP contribution is 2.32. The second-order valence-corrected chi connectivity index (χ2v) is 2.58. The molecule has 0 amide bonds. The van der Waals surface area contributed by atoms with Crippen molar-refractivity contribution in [3.05, 3.63) is 23.9 Å². The first-order valence-corrected chi connectivity index (χ1v) is 3.57. The van der Waals surface area contributed by atoms with Gasteiger partial charge in [0.05, 0.1) is 11.6 Å². The fourth-order valence-electron chi connectivity index (χ4n) is 0.987. The van der Waals surface area contributed by atoms with Crippen LogP contribution in [0.1, 0.15) is 6.42 Å². The highest BCUT2D eigenvalue weighted by Gasteiger charge is 2.37. The lowest BCUT2D eigenvalue weighted by Crippen LogP contribution is -2.21. The lowest BCUT2D eigenvalue weighted by atomic mass is 9.99. The zero-order valence-corrected chi connectivity index (χ0v) is 6.51. The number of halogens is 3. The number of isocyanates is 1. The molecule has 70 valence electrons. The van der Waals surface area contributed by atoms with Crippen molar-refractivity contribution < 1.29 is 18.0 Å². The van der Waals surface area contributed by atoms with E-state index in [4.69, 9.17) is 0 Å². The van der Waals surface area contributed by atoms with Crippen LogP contribution in [0.3, 0.4) is 0 Å². The van der Waals surface area contributed by atoms with E-state index >= 15 is 0 Å². The summed E-state index contributed by atoms with van der Waals surface area (Å²) in [6, 6.07) is 0. The van der Waals surface area contributed by atoms with E-state index in [0.717, 1.165) is 6.08 Å². The van der Waals surface area contributed by atoms with Gasteiger partial charge in [0.25, 0.3) is 0 Å². The molecule has 0 bridgehead atoms. The number of aliphatic imine (C=N–C) groups is 1. The fourth-order valence-corrected chi connectivity index (χ4v) is 0.987. The standard InChI is InChI=1S/C8H6F3NO/c9-8(10,11)6-1-3-7(4-2-6)12-5-13/h1,3-4,6H,2H2. The van der Waals surface area contributed by atoms with Crippen LogP contribution < -0.4 is 0 Å². The van der Waals surface area contributed by atoms with Gasteiger partial charge in [-0.2, -0.15) is 18.2 Å². The maximum absolute atomic E-state index is 12.1. The normalized spacial score (nSPS) is 22.1. The van der Waals surface area contributed by atoms with Crippen LogP contribution in [0.15, 0.2) is 28.9 Å². The molecule has 1 unspecified atom stereocenters. The Labute approximate surface area is 72.5 Å². The number of allylic oxidation sites excluding steroid dienone is 3. The molecule has 0 aromatic heterocycles. The number of nitrogens with zero attached hydrogens (tertiary/aromatic N) is 1. The van der Waals surface area contributed by atoms with Gasteiger partial charge in [-0.1, -0.05) is 12.2 Å². The quantitative estimate of drug-likeness (QED) is 0.459. The van der Waals surface area contributed by atoms with Crippen LogP contribution in [0.25, 0.3) is 0 Å². The number of rotatable bonds is 1. The maximum Gasteiger partial charge on any atom is 0.395 e. The van der Waals surface area contributed by atoms with Crippen molar-refractivity contribution in [1.82, 2.24) is 0 Å². The van der Waals surface area contributed by atoms with Gasteiger partial charge in [0.2, 0.25) is 6.08 Å². The Balaban J connectivity index is 2.69. The topological polar surface area (TPSA) is 29.4 Å². The summed E-state index contributed by atoms with van der Waals surface area (Å²) < 4.78 is 36.2. The highest BCUT2D eigenvalue weighted by molar-refractivity contribution is 5.40. The van der Waals surface area contributed by atoms with E-state index in [1.807, 2.05) is 0 Å². The second kappa shape index (κ2) is 3.58. The van der Waals surface area contributed by atoms with Crippen molar-refractivity contribution >= 4 is 6.08 Å². The Hall–Kier alpha value is -1.35. The van der Waals surface area contributed by atoms with Crippen LogP contribution in [0.2, 0.25) is 0 Å². The van der Waals surface area contributed by atoms with Gasteiger partial charge in [0, 0.05) is 0 Å². The molecule has 0 heterocycles. The van der Waals surface area contributed by atoms with Gasteiger partial charge in [-0.25, -0.2) is 4.79 Å². The third kappa shape index (κ3) is 2.56. The first-order chi connectivity index (χ1) is 6.04. The molecule has 0 spiro atoms. The zero-order chi connectivity index (χ0) is 9.90. The Bertz CT molecular complexity index is 297. The van der Waals surface area contributed by atoms with E-state index in [9.17, 15) is 18.0 Å². The summed E-state index contributed by atoms with van der Waals surface area (Å²) in [6.45, 7) is 0. The van der Waals surface area contributed by atoms with Crippen LogP contribution in [0, 0.1) is 5.92 Å². The molecule has 0 N–H and O–H groups in total. The zero-order valence-electron chi connectivity index (χ0n) is 6.51. The molecule has 0 radical (unpaired) electrons. The molecule has 1 atom stereocenters. The predicted molar refractivity (Wildman–Crippen MR) is 39.5 cm³/mol. The molecular formula is C8H6F3NO. The van der Waals surface area contributed by atoms with Crippen molar-refractivity contribution in [2.75, 3.05) is 0 Å². The lowest BCUT2D eigenvalue weighted by molar-refractivity contribution is -0.160. The summed E-state index contributed by atoms with van der Waals surface area (Å²) in [5.41, 5.74) is 0.232. The van der Waals surface area contributed by atoms with Crippen LogP contribution in [-0.4, -0.2) is 12.3 Å². The highest BCUT2D eigenvalue weighted by atomic mass is 19.4. The average Bonchev–Trinajstić information content (AvgIpc) is 2.04. The van der Waals surface area contributed by atoms with Crippen LogP contribution in [0.5, 0.6) is 0 Å². The number of hydrogen-bond acceptors (Lipinski definition) is 2. The molecule has 5 heteroatoms. The molecule has 0 aromatic rings. The summed E-state index contributed by atoms with van der Waals surface area (Å²) in [5.74, 6) is -1.46. The number of alkyl halides is 3. The minimum Gasteiger partial charge on any atom is -0.211 e. The molecule has 1 aliphatic rings. The predicted octanol–water partition coefficient (Wildman–Crippen LogP) is 2.34. The van der Waals surface area contributed by atoms with Gasteiger partial charge in [0.15, 0.2) is 0 Å². The van der Waals surface area contributed by atoms with Crippen molar-refractivity contribution in [1.29, 1.82) is 0 Å². The van der Waals surface area contributed by atoms with E-state index < -0.39 is 12.1 Å². The van der Waals surface area contributed by atoms with Gasteiger partial charge < -0.3 is 0 Å². The minimum absolute atomic E-state index is 0.166. The van der Waals surface area contributed by atoms with Crippen LogP contribution in [0.4, 0.5) is 13.2 Å². The average molecular weight is 189 g/mol. The smallest absolute Gasteiger partial charge is 0.211 e. The molecule has 0 saturated carbocycles. The second-order valence-electron chi connectivity index (χ2n) is 2.58. The van der Waals surface area contributed by atoms with E-state index in [-0.39, 0.29) is 12.1 Å². The molecule has 1 aliphatic carbocycles. The van der Waals surface area contributed by atoms with E-state index in [1.54, 1.807) is 0 Å². The first kappa shape index (κ1) is 9.74. The monoisotopic (exact) mass is 189 g/mol. The Morgan fingerprint density at radius 3 is 2.62 bits per heavy atom. The van der Waals surface area contributed by atoms with Crippen molar-refractivity contribution in [2.45, 2.75) is 12.6 Å². The molecule has 0 saturated heterocycles. The molecule has 2 nitrogen and oxygen atoms in total. The summed E-state index contributed by atoms with van der Waals surface area (Å²) in [4.78, 5) is 13.0.